The Hall–Kier alpha value is -2.48. The third kappa shape index (κ3) is 2.03. The van der Waals surface area contributed by atoms with Crippen molar-refractivity contribution in [1.29, 1.82) is 0 Å². The van der Waals surface area contributed by atoms with Crippen molar-refractivity contribution in [2.24, 2.45) is 5.92 Å². The molecule has 3 heterocycles. The number of esters is 1. The lowest BCUT2D eigenvalue weighted by Gasteiger charge is -2.10. The van der Waals surface area contributed by atoms with Gasteiger partial charge in [0.1, 0.15) is 17.1 Å². The molecule has 0 radical (unpaired) electrons. The van der Waals surface area contributed by atoms with E-state index in [0.29, 0.717) is 23.4 Å². The highest BCUT2D eigenvalue weighted by molar-refractivity contribution is 6.31. The number of benzene rings is 1. The van der Waals surface area contributed by atoms with Crippen molar-refractivity contribution in [3.8, 4) is 5.75 Å². The standard InChI is InChI=1S/C14H12FN3O4/c15-8-4-10-12-9(3-7-1-2-16-6-7)17-18(10)22-14(20)13(19)21-11(12)5-8/h4-5,7,16H,1-3,6H2. The average molecular weight is 305 g/mol. The monoisotopic (exact) mass is 305 g/mol. The van der Waals surface area contributed by atoms with E-state index in [1.807, 2.05) is 0 Å². The Morgan fingerprint density at radius 2 is 2.23 bits per heavy atom. The molecule has 2 aromatic rings. The van der Waals surface area contributed by atoms with Gasteiger partial charge in [0.25, 0.3) is 0 Å². The quantitative estimate of drug-likeness (QED) is 0.485. The van der Waals surface area contributed by atoms with Crippen LogP contribution in [0.4, 0.5) is 4.39 Å². The maximum absolute atomic E-state index is 13.7. The highest BCUT2D eigenvalue weighted by atomic mass is 19.1. The molecule has 8 heteroatoms. The fourth-order valence-corrected chi connectivity index (χ4v) is 2.93. The minimum absolute atomic E-state index is 0.00357. The van der Waals surface area contributed by atoms with E-state index in [9.17, 15) is 14.0 Å². The Morgan fingerprint density at radius 3 is 3.00 bits per heavy atom. The van der Waals surface area contributed by atoms with Crippen LogP contribution in [-0.4, -0.2) is 35.0 Å². The van der Waals surface area contributed by atoms with Crippen LogP contribution in [0.2, 0.25) is 0 Å². The zero-order valence-corrected chi connectivity index (χ0v) is 11.5. The summed E-state index contributed by atoms with van der Waals surface area (Å²) in [6.45, 7) is 1.80. The molecule has 1 aromatic heterocycles. The van der Waals surface area contributed by atoms with Gasteiger partial charge in [-0.2, -0.15) is 0 Å². The Kier molecular flexibility index (Phi) is 2.86. The van der Waals surface area contributed by atoms with Crippen molar-refractivity contribution in [2.45, 2.75) is 12.8 Å². The molecule has 1 N–H and O–H groups in total. The first-order valence-electron chi connectivity index (χ1n) is 6.98. The lowest BCUT2D eigenvalue weighted by atomic mass is 10.0. The van der Waals surface area contributed by atoms with Gasteiger partial charge in [-0.3, -0.25) is 0 Å². The fourth-order valence-electron chi connectivity index (χ4n) is 2.93. The Morgan fingerprint density at radius 1 is 1.36 bits per heavy atom. The van der Waals surface area contributed by atoms with E-state index in [0.717, 1.165) is 30.4 Å². The SMILES string of the molecule is O=C1Oc2cc(F)cc3c2c(CC2CCNC2)nn3OC1=O. The van der Waals surface area contributed by atoms with Gasteiger partial charge in [0.05, 0.1) is 11.1 Å². The Balaban J connectivity index is 1.89. The molecule has 0 aliphatic carbocycles. The molecular formula is C14H12FN3O4. The molecule has 0 spiro atoms. The zero-order valence-electron chi connectivity index (χ0n) is 11.5. The van der Waals surface area contributed by atoms with Crippen molar-refractivity contribution >= 4 is 22.8 Å². The molecule has 1 fully saturated rings. The molecule has 0 amide bonds. The maximum atomic E-state index is 13.7. The first-order valence-corrected chi connectivity index (χ1v) is 6.98. The number of nitrogens with zero attached hydrogens (tertiary/aromatic N) is 2. The molecule has 2 aliphatic heterocycles. The van der Waals surface area contributed by atoms with Crippen LogP contribution in [0, 0.1) is 11.7 Å². The van der Waals surface area contributed by atoms with Crippen LogP contribution in [0.15, 0.2) is 12.1 Å². The average Bonchev–Trinajstić information content (AvgIpc) is 3.08. The molecule has 1 aromatic carbocycles. The third-order valence-electron chi connectivity index (χ3n) is 3.94. The van der Waals surface area contributed by atoms with Crippen molar-refractivity contribution in [1.82, 2.24) is 15.3 Å². The van der Waals surface area contributed by atoms with Crippen LogP contribution in [0.25, 0.3) is 10.9 Å². The molecule has 22 heavy (non-hydrogen) atoms. The number of carbonyl (C=O) groups excluding carboxylic acids is 2. The minimum atomic E-state index is -1.19. The van der Waals surface area contributed by atoms with Crippen LogP contribution >= 0.6 is 0 Å². The van der Waals surface area contributed by atoms with Crippen LogP contribution in [0.5, 0.6) is 5.75 Å². The number of aromatic nitrogens is 2. The summed E-state index contributed by atoms with van der Waals surface area (Å²) >= 11 is 0. The highest BCUT2D eigenvalue weighted by Crippen LogP contribution is 2.33. The van der Waals surface area contributed by atoms with Crippen LogP contribution < -0.4 is 14.9 Å². The first-order chi connectivity index (χ1) is 10.6. The van der Waals surface area contributed by atoms with Crippen molar-refractivity contribution in [2.75, 3.05) is 13.1 Å². The number of nitrogens with one attached hydrogen (secondary N) is 1. The topological polar surface area (TPSA) is 82.4 Å². The molecule has 7 nitrogen and oxygen atoms in total. The number of carbonyl (C=O) groups is 2. The summed E-state index contributed by atoms with van der Waals surface area (Å²) in [7, 11) is 0. The molecule has 1 saturated heterocycles. The molecule has 4 bridgehead atoms. The van der Waals surface area contributed by atoms with Gasteiger partial charge in [-0.1, -0.05) is 4.85 Å². The lowest BCUT2D eigenvalue weighted by Crippen LogP contribution is -2.32. The number of hydrogen-bond donors (Lipinski definition) is 1. The van der Waals surface area contributed by atoms with E-state index in [1.165, 1.54) is 6.07 Å². The number of rotatable bonds is 2. The predicted molar refractivity (Wildman–Crippen MR) is 71.6 cm³/mol. The Bertz CT molecular complexity index is 795. The van der Waals surface area contributed by atoms with E-state index in [2.05, 4.69) is 10.4 Å². The van der Waals surface area contributed by atoms with Crippen molar-refractivity contribution in [3.63, 3.8) is 0 Å². The van der Waals surface area contributed by atoms with E-state index >= 15 is 0 Å². The molecule has 1 unspecified atom stereocenters. The van der Waals surface area contributed by atoms with E-state index < -0.39 is 17.8 Å². The van der Waals surface area contributed by atoms with Crippen LogP contribution in [-0.2, 0) is 16.0 Å². The summed E-state index contributed by atoms with van der Waals surface area (Å²) in [5.74, 6) is -2.59. The normalized spacial score (nSPS) is 20.9. The van der Waals surface area contributed by atoms with Gasteiger partial charge in [0.15, 0.2) is 0 Å². The summed E-state index contributed by atoms with van der Waals surface area (Å²) in [6, 6.07) is 2.29. The second-order valence-corrected chi connectivity index (χ2v) is 5.45. The molecule has 0 saturated carbocycles. The number of hydrogen-bond acceptors (Lipinski definition) is 6. The first kappa shape index (κ1) is 13.2. The molecule has 4 rings (SSSR count). The summed E-state index contributed by atoms with van der Waals surface area (Å²) in [6.07, 6.45) is 1.63. The van der Waals surface area contributed by atoms with Gasteiger partial charge in [0, 0.05) is 12.1 Å². The molecule has 1 atom stereocenters. The van der Waals surface area contributed by atoms with Crippen molar-refractivity contribution < 1.29 is 23.6 Å². The summed E-state index contributed by atoms with van der Waals surface area (Å²) < 4.78 is 18.6. The van der Waals surface area contributed by atoms with Gasteiger partial charge in [0.2, 0.25) is 0 Å². The predicted octanol–water partition coefficient (Wildman–Crippen LogP) is 0.202. The smallest absolute Gasteiger partial charge is 0.417 e. The molecular weight excluding hydrogens is 293 g/mol. The Labute approximate surface area is 123 Å². The lowest BCUT2D eigenvalue weighted by molar-refractivity contribution is -0.163. The summed E-state index contributed by atoms with van der Waals surface area (Å²) in [4.78, 5) is 28.8. The van der Waals surface area contributed by atoms with E-state index in [1.54, 1.807) is 0 Å². The second-order valence-electron chi connectivity index (χ2n) is 5.45. The van der Waals surface area contributed by atoms with Gasteiger partial charge in [-0.25, -0.2) is 14.0 Å². The highest BCUT2D eigenvalue weighted by Gasteiger charge is 2.30. The van der Waals surface area contributed by atoms with Crippen LogP contribution in [0.1, 0.15) is 12.1 Å². The third-order valence-corrected chi connectivity index (χ3v) is 3.94. The van der Waals surface area contributed by atoms with Gasteiger partial charge in [-0.05, 0) is 31.8 Å². The summed E-state index contributed by atoms with van der Waals surface area (Å²) in [5.41, 5.74) is 0.901. The number of halogens is 1. The van der Waals surface area contributed by atoms with E-state index in [-0.39, 0.29) is 11.3 Å². The largest absolute Gasteiger partial charge is 0.443 e. The number of ether oxygens (including phenoxy) is 1. The summed E-state index contributed by atoms with van der Waals surface area (Å²) in [5, 5.41) is 7.99. The van der Waals surface area contributed by atoms with Gasteiger partial charge >= 0.3 is 11.9 Å². The minimum Gasteiger partial charge on any atom is -0.417 e. The molecule has 114 valence electrons. The van der Waals surface area contributed by atoms with Crippen molar-refractivity contribution in [3.05, 3.63) is 23.6 Å². The zero-order chi connectivity index (χ0) is 15.3. The molecule has 2 aliphatic rings. The van der Waals surface area contributed by atoms with E-state index in [4.69, 9.17) is 9.57 Å². The van der Waals surface area contributed by atoms with Crippen LogP contribution in [0.3, 0.4) is 0 Å². The van der Waals surface area contributed by atoms with Gasteiger partial charge < -0.3 is 14.9 Å². The second kappa shape index (κ2) is 4.77. The van der Waals surface area contributed by atoms with Gasteiger partial charge in [-0.15, -0.1) is 5.10 Å². The maximum Gasteiger partial charge on any atom is 0.443 e. The fraction of sp³-hybridized carbons (Fsp3) is 0.357.